The Kier molecular flexibility index (Phi) is 5.13. The number of aromatic hydroxyl groups is 1. The lowest BCUT2D eigenvalue weighted by atomic mass is 9.57. The summed E-state index contributed by atoms with van der Waals surface area (Å²) >= 11 is 0. The summed E-state index contributed by atoms with van der Waals surface area (Å²) in [4.78, 5) is 40.5. The zero-order valence-corrected chi connectivity index (χ0v) is 19.9. The summed E-state index contributed by atoms with van der Waals surface area (Å²) in [7, 11) is 4.88. The van der Waals surface area contributed by atoms with E-state index in [0.717, 1.165) is 5.56 Å². The normalized spacial score (nSPS) is 27.8. The van der Waals surface area contributed by atoms with Gasteiger partial charge in [-0.05, 0) is 50.0 Å². The summed E-state index contributed by atoms with van der Waals surface area (Å²) in [5.74, 6) is -6.71. The van der Waals surface area contributed by atoms with Gasteiger partial charge in [0.05, 0.1) is 17.8 Å². The Bertz CT molecular complexity index is 1420. The maximum Gasteiger partial charge on any atom is 0.255 e. The number of fused-ring (bicyclic) bond motifs is 3. The van der Waals surface area contributed by atoms with E-state index in [0.29, 0.717) is 11.1 Å². The molecule has 3 aliphatic rings. The lowest BCUT2D eigenvalue weighted by Crippen LogP contribution is -2.65. The molecule has 1 heterocycles. The van der Waals surface area contributed by atoms with Crippen LogP contribution < -0.4 is 5.73 Å². The van der Waals surface area contributed by atoms with Crippen LogP contribution in [-0.4, -0.2) is 78.3 Å². The highest BCUT2D eigenvalue weighted by molar-refractivity contribution is 6.24. The van der Waals surface area contributed by atoms with Gasteiger partial charge in [-0.15, -0.1) is 0 Å². The molecule has 1 amide bonds. The number of carbonyl (C=O) groups excluding carboxylic acids is 3. The van der Waals surface area contributed by atoms with E-state index < -0.39 is 58.0 Å². The lowest BCUT2D eigenvalue weighted by molar-refractivity contribution is -0.153. The van der Waals surface area contributed by atoms with Crippen molar-refractivity contribution in [2.45, 2.75) is 24.5 Å². The molecule has 0 aliphatic heterocycles. The molecular weight excluding hydrogens is 468 g/mol. The van der Waals surface area contributed by atoms with Gasteiger partial charge in [0.1, 0.15) is 22.8 Å². The third-order valence-electron chi connectivity index (χ3n) is 7.62. The Balaban J connectivity index is 1.75. The number of phenols is 1. The minimum absolute atomic E-state index is 0.0356. The molecule has 1 aromatic carbocycles. The number of aliphatic hydroxyl groups is 3. The number of aryl methyl sites for hydroxylation is 1. The number of phenolic OH excluding ortho intramolecular Hbond substituents is 1. The molecule has 1 aromatic heterocycles. The summed E-state index contributed by atoms with van der Waals surface area (Å²) in [5, 5.41) is 48.6. The molecule has 0 radical (unpaired) electrons. The lowest BCUT2D eigenvalue weighted by Gasteiger charge is -2.50. The van der Waals surface area contributed by atoms with Crippen molar-refractivity contribution in [3.8, 4) is 16.9 Å². The maximum atomic E-state index is 13.8. The van der Waals surface area contributed by atoms with Crippen LogP contribution in [0.2, 0.25) is 0 Å². The Labute approximate surface area is 205 Å². The molecular formula is C25H26N4O7. The van der Waals surface area contributed by atoms with Gasteiger partial charge in [0.2, 0.25) is 5.78 Å². The first-order chi connectivity index (χ1) is 16.9. The molecule has 36 heavy (non-hydrogen) atoms. The number of hydrogen-bond acceptors (Lipinski definition) is 9. The molecule has 2 aromatic rings. The van der Waals surface area contributed by atoms with Crippen molar-refractivity contribution in [1.29, 1.82) is 0 Å². The molecule has 0 spiro atoms. The number of aromatic nitrogens is 2. The minimum Gasteiger partial charge on any atom is -0.508 e. The predicted octanol–water partition coefficient (Wildman–Crippen LogP) is 0.365. The van der Waals surface area contributed by atoms with Crippen molar-refractivity contribution in [3.63, 3.8) is 0 Å². The Hall–Kier alpha value is -3.96. The molecule has 2 unspecified atom stereocenters. The van der Waals surface area contributed by atoms with Crippen molar-refractivity contribution < 1.29 is 34.8 Å². The SMILES string of the molecule is CN(C)[C@@H]1C(=O)C(C(N)=O)=C(O)[C@@]2(O)C(=O)C3=C(O)c4c(O)ccc(-c5cnn(C)c5)c4CC3CC12. The summed E-state index contributed by atoms with van der Waals surface area (Å²) in [6.45, 7) is 0. The highest BCUT2D eigenvalue weighted by Gasteiger charge is 2.64. The summed E-state index contributed by atoms with van der Waals surface area (Å²) < 4.78 is 1.61. The van der Waals surface area contributed by atoms with Gasteiger partial charge in [0.15, 0.2) is 11.4 Å². The van der Waals surface area contributed by atoms with Crippen molar-refractivity contribution in [2.24, 2.45) is 24.6 Å². The monoisotopic (exact) mass is 494 g/mol. The van der Waals surface area contributed by atoms with Gasteiger partial charge in [-0.3, -0.25) is 24.0 Å². The predicted molar refractivity (Wildman–Crippen MR) is 126 cm³/mol. The van der Waals surface area contributed by atoms with E-state index in [-0.39, 0.29) is 29.7 Å². The average molecular weight is 495 g/mol. The first kappa shape index (κ1) is 23.8. The first-order valence-electron chi connectivity index (χ1n) is 11.4. The highest BCUT2D eigenvalue weighted by Crippen LogP contribution is 2.53. The number of ketones is 2. The van der Waals surface area contributed by atoms with Crippen LogP contribution in [0.3, 0.4) is 0 Å². The van der Waals surface area contributed by atoms with Crippen LogP contribution in [-0.2, 0) is 27.9 Å². The van der Waals surface area contributed by atoms with E-state index in [1.165, 1.54) is 11.0 Å². The molecule has 11 nitrogen and oxygen atoms in total. The summed E-state index contributed by atoms with van der Waals surface area (Å²) in [6, 6.07) is 1.97. The molecule has 0 saturated heterocycles. The Morgan fingerprint density at radius 3 is 2.50 bits per heavy atom. The Morgan fingerprint density at radius 2 is 1.92 bits per heavy atom. The van der Waals surface area contributed by atoms with E-state index in [9.17, 15) is 34.8 Å². The third-order valence-corrected chi connectivity index (χ3v) is 7.62. The number of nitrogens with two attached hydrogens (primary N) is 1. The van der Waals surface area contributed by atoms with Crippen molar-refractivity contribution in [1.82, 2.24) is 14.7 Å². The number of rotatable bonds is 3. The molecule has 3 aliphatic carbocycles. The number of nitrogens with zero attached hydrogens (tertiary/aromatic N) is 3. The zero-order chi connectivity index (χ0) is 26.3. The van der Waals surface area contributed by atoms with E-state index in [1.54, 1.807) is 44.3 Å². The maximum absolute atomic E-state index is 13.8. The number of aliphatic hydroxyl groups excluding tert-OH is 2. The van der Waals surface area contributed by atoms with E-state index in [2.05, 4.69) is 5.10 Å². The largest absolute Gasteiger partial charge is 0.508 e. The summed E-state index contributed by atoms with van der Waals surface area (Å²) in [5.41, 5.74) is 3.76. The second-order valence-electron chi connectivity index (χ2n) is 9.85. The van der Waals surface area contributed by atoms with Crippen LogP contribution in [0.4, 0.5) is 0 Å². The fraction of sp³-hybridized carbons (Fsp3) is 0.360. The number of amides is 1. The quantitative estimate of drug-likeness (QED) is 0.377. The van der Waals surface area contributed by atoms with Crippen molar-refractivity contribution in [3.05, 3.63) is 52.6 Å². The molecule has 11 heteroatoms. The molecule has 188 valence electrons. The molecule has 5 rings (SSSR count). The van der Waals surface area contributed by atoms with Crippen LogP contribution in [0.5, 0.6) is 5.75 Å². The standard InChI is InChI=1S/C25H26N4O7/c1-28(2)19-14-7-10-6-13-12(11-8-27-29(3)9-11)4-5-15(30)17(13)20(31)16(10)22(33)25(14,36)23(34)18(21(19)32)24(26)35/h4-5,8-10,14,19,30-31,34,36H,6-7H2,1-3H3,(H2,26,35)/t10?,14?,19-,25-/m0/s1. The number of benzene rings is 1. The molecule has 0 bridgehead atoms. The molecule has 1 fully saturated rings. The van der Waals surface area contributed by atoms with E-state index >= 15 is 0 Å². The van der Waals surface area contributed by atoms with Crippen LogP contribution in [0.25, 0.3) is 16.9 Å². The smallest absolute Gasteiger partial charge is 0.255 e. The van der Waals surface area contributed by atoms with Crippen LogP contribution >= 0.6 is 0 Å². The number of likely N-dealkylation sites (N-methyl/N-ethyl adjacent to an activating group) is 1. The first-order valence-corrected chi connectivity index (χ1v) is 11.4. The number of carbonyl (C=O) groups is 3. The van der Waals surface area contributed by atoms with Crippen LogP contribution in [0, 0.1) is 11.8 Å². The van der Waals surface area contributed by atoms with Gasteiger partial charge >= 0.3 is 0 Å². The van der Waals surface area contributed by atoms with Crippen LogP contribution in [0.1, 0.15) is 17.5 Å². The fourth-order valence-electron chi connectivity index (χ4n) is 6.07. The molecule has 6 N–H and O–H groups in total. The molecule has 1 saturated carbocycles. The fourth-order valence-corrected chi connectivity index (χ4v) is 6.07. The topological polar surface area (TPSA) is 179 Å². The van der Waals surface area contributed by atoms with Crippen molar-refractivity contribution >= 4 is 23.2 Å². The number of hydrogen-bond donors (Lipinski definition) is 5. The van der Waals surface area contributed by atoms with Gasteiger partial charge in [-0.1, -0.05) is 6.07 Å². The summed E-state index contributed by atoms with van der Waals surface area (Å²) in [6.07, 6.45) is 3.68. The average Bonchev–Trinajstić information content (AvgIpc) is 3.22. The van der Waals surface area contributed by atoms with Gasteiger partial charge in [0.25, 0.3) is 5.91 Å². The zero-order valence-electron chi connectivity index (χ0n) is 19.9. The minimum atomic E-state index is -2.65. The highest BCUT2D eigenvalue weighted by atomic mass is 16.3. The second kappa shape index (κ2) is 7.77. The van der Waals surface area contributed by atoms with Gasteiger partial charge in [0, 0.05) is 30.3 Å². The van der Waals surface area contributed by atoms with E-state index in [1.807, 2.05) is 0 Å². The Morgan fingerprint density at radius 1 is 1.22 bits per heavy atom. The van der Waals surface area contributed by atoms with Gasteiger partial charge in [-0.25, -0.2) is 0 Å². The third kappa shape index (κ3) is 2.99. The van der Waals surface area contributed by atoms with Gasteiger partial charge < -0.3 is 26.2 Å². The second-order valence-corrected chi connectivity index (χ2v) is 9.85. The number of primary amides is 1. The van der Waals surface area contributed by atoms with Crippen LogP contribution in [0.15, 0.2) is 41.4 Å². The van der Waals surface area contributed by atoms with E-state index in [4.69, 9.17) is 5.73 Å². The molecule has 4 atom stereocenters. The van der Waals surface area contributed by atoms with Gasteiger partial charge in [-0.2, -0.15) is 5.10 Å². The van der Waals surface area contributed by atoms with Crippen molar-refractivity contribution in [2.75, 3.05) is 14.1 Å². The number of Topliss-reactive ketones (excluding diaryl/α,β-unsaturated/α-hetero) is 2.